The maximum Gasteiger partial charge on any atom is 0.104 e. The van der Waals surface area contributed by atoms with Crippen molar-refractivity contribution in [1.82, 2.24) is 0 Å². The van der Waals surface area contributed by atoms with E-state index < -0.39 is 5.60 Å². The van der Waals surface area contributed by atoms with Gasteiger partial charge in [-0.15, -0.1) is 0 Å². The van der Waals surface area contributed by atoms with E-state index in [4.69, 9.17) is 0 Å². The molecule has 0 heterocycles. The Hall–Kier alpha value is -2.31. The minimum Gasteiger partial charge on any atom is -0.384 e. The van der Waals surface area contributed by atoms with Crippen molar-refractivity contribution in [3.05, 3.63) is 65.2 Å². The van der Waals surface area contributed by atoms with Crippen LogP contribution < -0.4 is 5.32 Å². The molecule has 2 aromatic rings. The first-order chi connectivity index (χ1) is 9.54. The fourth-order valence-electron chi connectivity index (χ4n) is 2.13. The lowest BCUT2D eigenvalue weighted by molar-refractivity contribution is 0.0715. The molecule has 2 aromatic carbocycles. The zero-order valence-corrected chi connectivity index (χ0v) is 11.7. The summed E-state index contributed by atoms with van der Waals surface area (Å²) in [7, 11) is 0. The monoisotopic (exact) mass is 266 g/mol. The van der Waals surface area contributed by atoms with Crippen molar-refractivity contribution in [2.75, 3.05) is 11.9 Å². The van der Waals surface area contributed by atoms with E-state index in [2.05, 4.69) is 11.4 Å². The van der Waals surface area contributed by atoms with Gasteiger partial charge in [-0.25, -0.2) is 0 Å². The number of aliphatic hydroxyl groups is 1. The lowest BCUT2D eigenvalue weighted by atomic mass is 9.96. The molecule has 3 heteroatoms. The van der Waals surface area contributed by atoms with E-state index in [0.717, 1.165) is 16.8 Å². The second kappa shape index (κ2) is 5.77. The summed E-state index contributed by atoms with van der Waals surface area (Å²) in [6, 6.07) is 17.4. The first kappa shape index (κ1) is 14.1. The van der Waals surface area contributed by atoms with Gasteiger partial charge < -0.3 is 10.4 Å². The van der Waals surface area contributed by atoms with Crippen LogP contribution in [0.25, 0.3) is 0 Å². The first-order valence-electron chi connectivity index (χ1n) is 6.56. The Labute approximate surface area is 119 Å². The molecule has 2 rings (SSSR count). The molecule has 0 fully saturated rings. The zero-order chi connectivity index (χ0) is 14.6. The van der Waals surface area contributed by atoms with Gasteiger partial charge in [0.15, 0.2) is 0 Å². The number of nitrogens with one attached hydrogen (secondary N) is 1. The van der Waals surface area contributed by atoms with Gasteiger partial charge in [-0.1, -0.05) is 42.5 Å². The molecule has 0 aliphatic heterocycles. The van der Waals surface area contributed by atoms with Crippen LogP contribution in [0, 0.1) is 18.3 Å². The van der Waals surface area contributed by atoms with Crippen molar-refractivity contribution in [3.63, 3.8) is 0 Å². The van der Waals surface area contributed by atoms with Gasteiger partial charge in [0.2, 0.25) is 0 Å². The largest absolute Gasteiger partial charge is 0.384 e. The third-order valence-electron chi connectivity index (χ3n) is 3.40. The Balaban J connectivity index is 2.17. The molecular formula is C17H18N2O. The Bertz CT molecular complexity index is 627. The van der Waals surface area contributed by atoms with Crippen LogP contribution in [0.15, 0.2) is 48.5 Å². The quantitative estimate of drug-likeness (QED) is 0.893. The Morgan fingerprint density at radius 2 is 1.85 bits per heavy atom. The predicted molar refractivity (Wildman–Crippen MR) is 80.4 cm³/mol. The Kier molecular flexibility index (Phi) is 4.07. The summed E-state index contributed by atoms with van der Waals surface area (Å²) in [6.07, 6.45) is 0. The van der Waals surface area contributed by atoms with Gasteiger partial charge in [0.25, 0.3) is 0 Å². The number of anilines is 1. The summed E-state index contributed by atoms with van der Waals surface area (Å²) in [4.78, 5) is 0. The summed E-state index contributed by atoms with van der Waals surface area (Å²) in [5, 5.41) is 22.9. The highest BCUT2D eigenvalue weighted by atomic mass is 16.3. The summed E-state index contributed by atoms with van der Waals surface area (Å²) >= 11 is 0. The van der Waals surface area contributed by atoms with E-state index in [1.54, 1.807) is 6.92 Å². The van der Waals surface area contributed by atoms with E-state index >= 15 is 0 Å². The van der Waals surface area contributed by atoms with Crippen LogP contribution in [0.3, 0.4) is 0 Å². The number of aryl methyl sites for hydroxylation is 1. The molecule has 0 saturated heterocycles. The van der Waals surface area contributed by atoms with Crippen molar-refractivity contribution in [3.8, 4) is 6.07 Å². The fraction of sp³-hybridized carbons (Fsp3) is 0.235. The number of rotatable bonds is 4. The number of hydrogen-bond donors (Lipinski definition) is 2. The van der Waals surface area contributed by atoms with Gasteiger partial charge in [-0.2, -0.15) is 5.26 Å². The standard InChI is InChI=1S/C17H18N2O/c1-13-7-6-10-16(15(13)11-18)19-12-17(2,20)14-8-4-3-5-9-14/h3-10,19-20H,12H2,1-2H3. The van der Waals surface area contributed by atoms with Crippen LogP contribution in [0.5, 0.6) is 0 Å². The van der Waals surface area contributed by atoms with Crippen molar-refractivity contribution >= 4 is 5.69 Å². The second-order valence-corrected chi connectivity index (χ2v) is 5.10. The Morgan fingerprint density at radius 3 is 2.50 bits per heavy atom. The predicted octanol–water partition coefficient (Wildman–Crippen LogP) is 3.19. The van der Waals surface area contributed by atoms with Gasteiger partial charge in [-0.3, -0.25) is 0 Å². The third-order valence-corrected chi connectivity index (χ3v) is 3.40. The van der Waals surface area contributed by atoms with E-state index in [9.17, 15) is 10.4 Å². The van der Waals surface area contributed by atoms with Crippen molar-refractivity contribution in [2.24, 2.45) is 0 Å². The van der Waals surface area contributed by atoms with Gasteiger partial charge in [0.1, 0.15) is 11.7 Å². The van der Waals surface area contributed by atoms with Crippen LogP contribution >= 0.6 is 0 Å². The molecule has 0 radical (unpaired) electrons. The van der Waals surface area contributed by atoms with Crippen LogP contribution in [0.2, 0.25) is 0 Å². The molecule has 0 amide bonds. The summed E-state index contributed by atoms with van der Waals surface area (Å²) < 4.78 is 0. The molecule has 0 aliphatic rings. The fourth-order valence-corrected chi connectivity index (χ4v) is 2.13. The summed E-state index contributed by atoms with van der Waals surface area (Å²) in [5.74, 6) is 0. The van der Waals surface area contributed by atoms with Crippen molar-refractivity contribution in [2.45, 2.75) is 19.4 Å². The highest BCUT2D eigenvalue weighted by molar-refractivity contribution is 5.60. The minimum atomic E-state index is -0.988. The summed E-state index contributed by atoms with van der Waals surface area (Å²) in [6.45, 7) is 4.01. The average molecular weight is 266 g/mol. The van der Waals surface area contributed by atoms with Crippen LogP contribution in [-0.2, 0) is 5.60 Å². The topological polar surface area (TPSA) is 56.0 Å². The first-order valence-corrected chi connectivity index (χ1v) is 6.56. The van der Waals surface area contributed by atoms with E-state index in [-0.39, 0.29) is 0 Å². The molecule has 1 unspecified atom stereocenters. The number of nitriles is 1. The zero-order valence-electron chi connectivity index (χ0n) is 11.7. The van der Waals surface area contributed by atoms with Gasteiger partial charge in [-0.05, 0) is 31.0 Å². The van der Waals surface area contributed by atoms with E-state index in [1.807, 2.05) is 55.5 Å². The molecular weight excluding hydrogens is 248 g/mol. The molecule has 102 valence electrons. The lowest BCUT2D eigenvalue weighted by Crippen LogP contribution is -2.30. The minimum absolute atomic E-state index is 0.342. The Morgan fingerprint density at radius 1 is 1.15 bits per heavy atom. The highest BCUT2D eigenvalue weighted by Gasteiger charge is 2.22. The number of benzene rings is 2. The molecule has 1 atom stereocenters. The molecule has 20 heavy (non-hydrogen) atoms. The van der Waals surface area contributed by atoms with Crippen LogP contribution in [0.4, 0.5) is 5.69 Å². The molecule has 0 saturated carbocycles. The second-order valence-electron chi connectivity index (χ2n) is 5.10. The molecule has 0 aliphatic carbocycles. The van der Waals surface area contributed by atoms with Gasteiger partial charge in [0.05, 0.1) is 11.3 Å². The average Bonchev–Trinajstić information content (AvgIpc) is 2.46. The maximum atomic E-state index is 10.5. The number of hydrogen-bond acceptors (Lipinski definition) is 3. The van der Waals surface area contributed by atoms with Gasteiger partial charge in [0, 0.05) is 6.54 Å². The van der Waals surface area contributed by atoms with Crippen LogP contribution in [-0.4, -0.2) is 11.7 Å². The maximum absolute atomic E-state index is 10.5. The third kappa shape index (κ3) is 2.98. The molecule has 3 nitrogen and oxygen atoms in total. The van der Waals surface area contributed by atoms with Crippen LogP contribution in [0.1, 0.15) is 23.6 Å². The van der Waals surface area contributed by atoms with E-state index in [0.29, 0.717) is 12.1 Å². The van der Waals surface area contributed by atoms with Crippen molar-refractivity contribution in [1.29, 1.82) is 5.26 Å². The van der Waals surface area contributed by atoms with E-state index in [1.165, 1.54) is 0 Å². The SMILES string of the molecule is Cc1cccc(NCC(C)(O)c2ccccc2)c1C#N. The van der Waals surface area contributed by atoms with Crippen molar-refractivity contribution < 1.29 is 5.11 Å². The van der Waals surface area contributed by atoms with Gasteiger partial charge >= 0.3 is 0 Å². The highest BCUT2D eigenvalue weighted by Crippen LogP contribution is 2.23. The molecule has 0 bridgehead atoms. The smallest absolute Gasteiger partial charge is 0.104 e. The summed E-state index contributed by atoms with van der Waals surface area (Å²) in [5.41, 5.74) is 2.16. The normalized spacial score (nSPS) is 13.3. The molecule has 2 N–H and O–H groups in total. The number of nitrogens with zero attached hydrogens (tertiary/aromatic N) is 1. The lowest BCUT2D eigenvalue weighted by Gasteiger charge is -2.25. The molecule has 0 aromatic heterocycles. The molecule has 0 spiro atoms.